The second-order valence-electron chi connectivity index (χ2n) is 3.28. The van der Waals surface area contributed by atoms with Gasteiger partial charge in [0, 0.05) is 6.61 Å². The second kappa shape index (κ2) is 3.75. The number of aromatic amines is 1. The lowest BCUT2D eigenvalue weighted by Gasteiger charge is -2.14. The minimum atomic E-state index is -0.232. The van der Waals surface area contributed by atoms with E-state index in [0.29, 0.717) is 6.61 Å². The van der Waals surface area contributed by atoms with Crippen LogP contribution in [0.25, 0.3) is 0 Å². The molecule has 0 spiro atoms. The van der Waals surface area contributed by atoms with E-state index in [1.54, 1.807) is 0 Å². The molecule has 0 radical (unpaired) electrons. The molecule has 14 heavy (non-hydrogen) atoms. The summed E-state index contributed by atoms with van der Waals surface area (Å²) in [6, 6.07) is 0.0765. The Hall–Kier alpha value is -1.43. The first-order valence-corrected chi connectivity index (χ1v) is 4.55. The third kappa shape index (κ3) is 1.74. The van der Waals surface area contributed by atoms with Crippen LogP contribution in [0.2, 0.25) is 0 Å². The SMILES string of the molecule is CC1OCCC1NC(=O)c1ncn[nH]1. The largest absolute Gasteiger partial charge is 0.376 e. The molecule has 1 saturated heterocycles. The summed E-state index contributed by atoms with van der Waals surface area (Å²) >= 11 is 0. The first-order chi connectivity index (χ1) is 6.77. The normalized spacial score (nSPS) is 26.4. The molecule has 6 nitrogen and oxygen atoms in total. The standard InChI is InChI=1S/C8H12N4O2/c1-5-6(2-3-14-5)11-8(13)7-9-4-10-12-7/h4-6H,2-3H2,1H3,(H,11,13)(H,9,10,12). The molecule has 2 N–H and O–H groups in total. The van der Waals surface area contributed by atoms with E-state index in [4.69, 9.17) is 4.74 Å². The monoisotopic (exact) mass is 196 g/mol. The van der Waals surface area contributed by atoms with Crippen LogP contribution in [0.4, 0.5) is 0 Å². The molecule has 6 heteroatoms. The maximum atomic E-state index is 11.5. The van der Waals surface area contributed by atoms with Crippen LogP contribution in [0.3, 0.4) is 0 Å². The van der Waals surface area contributed by atoms with Gasteiger partial charge in [-0.05, 0) is 13.3 Å². The zero-order valence-corrected chi connectivity index (χ0v) is 7.86. The summed E-state index contributed by atoms with van der Waals surface area (Å²) in [6.45, 7) is 2.64. The summed E-state index contributed by atoms with van der Waals surface area (Å²) in [4.78, 5) is 15.3. The Morgan fingerprint density at radius 1 is 1.79 bits per heavy atom. The number of carbonyl (C=O) groups excluding carboxylic acids is 1. The molecule has 76 valence electrons. The van der Waals surface area contributed by atoms with Gasteiger partial charge in [-0.15, -0.1) is 0 Å². The van der Waals surface area contributed by atoms with E-state index in [2.05, 4.69) is 20.5 Å². The average Bonchev–Trinajstić information content (AvgIpc) is 2.77. The van der Waals surface area contributed by atoms with Gasteiger partial charge in [0.15, 0.2) is 0 Å². The quantitative estimate of drug-likeness (QED) is 0.681. The smallest absolute Gasteiger partial charge is 0.288 e. The fourth-order valence-corrected chi connectivity index (χ4v) is 1.47. The number of hydrogen-bond acceptors (Lipinski definition) is 4. The van der Waals surface area contributed by atoms with Gasteiger partial charge in [0.25, 0.3) is 5.91 Å². The predicted octanol–water partition coefficient (Wildman–Crippen LogP) is -0.288. The zero-order valence-electron chi connectivity index (χ0n) is 7.86. The van der Waals surface area contributed by atoms with Crippen molar-refractivity contribution in [1.82, 2.24) is 20.5 Å². The molecular weight excluding hydrogens is 184 g/mol. The van der Waals surface area contributed by atoms with Crippen molar-refractivity contribution in [3.8, 4) is 0 Å². The van der Waals surface area contributed by atoms with Gasteiger partial charge in [0.05, 0.1) is 12.1 Å². The van der Waals surface area contributed by atoms with Crippen molar-refractivity contribution >= 4 is 5.91 Å². The minimum Gasteiger partial charge on any atom is -0.376 e. The van der Waals surface area contributed by atoms with Crippen molar-refractivity contribution in [1.29, 1.82) is 0 Å². The van der Waals surface area contributed by atoms with E-state index in [1.807, 2.05) is 6.92 Å². The van der Waals surface area contributed by atoms with Gasteiger partial charge in [0.2, 0.25) is 5.82 Å². The van der Waals surface area contributed by atoms with Gasteiger partial charge < -0.3 is 10.1 Å². The molecule has 2 unspecified atom stereocenters. The van der Waals surface area contributed by atoms with Gasteiger partial charge in [-0.2, -0.15) is 5.10 Å². The van der Waals surface area contributed by atoms with E-state index in [9.17, 15) is 4.79 Å². The summed E-state index contributed by atoms with van der Waals surface area (Å²) < 4.78 is 5.32. The molecule has 1 aliphatic rings. The maximum Gasteiger partial charge on any atom is 0.288 e. The van der Waals surface area contributed by atoms with Gasteiger partial charge >= 0.3 is 0 Å². The highest BCUT2D eigenvalue weighted by atomic mass is 16.5. The third-order valence-corrected chi connectivity index (χ3v) is 2.32. The van der Waals surface area contributed by atoms with Gasteiger partial charge in [-0.1, -0.05) is 0 Å². The molecule has 0 bridgehead atoms. The fraction of sp³-hybridized carbons (Fsp3) is 0.625. The molecule has 0 saturated carbocycles. The van der Waals surface area contributed by atoms with Crippen molar-refractivity contribution in [2.45, 2.75) is 25.5 Å². The van der Waals surface area contributed by atoms with Crippen molar-refractivity contribution in [3.63, 3.8) is 0 Å². The molecule has 2 heterocycles. The number of nitrogens with one attached hydrogen (secondary N) is 2. The molecule has 2 atom stereocenters. The van der Waals surface area contributed by atoms with Crippen LogP contribution in [0.15, 0.2) is 6.33 Å². The molecule has 0 aliphatic carbocycles. The number of aromatic nitrogens is 3. The summed E-state index contributed by atoms with van der Waals surface area (Å²) in [6.07, 6.45) is 2.23. The lowest BCUT2D eigenvalue weighted by molar-refractivity contribution is 0.0857. The van der Waals surface area contributed by atoms with E-state index >= 15 is 0 Å². The Labute approximate surface area is 81.1 Å². The van der Waals surface area contributed by atoms with Crippen LogP contribution in [-0.2, 0) is 4.74 Å². The number of ether oxygens (including phenoxy) is 1. The average molecular weight is 196 g/mol. The van der Waals surface area contributed by atoms with E-state index in [1.165, 1.54) is 6.33 Å². The molecule has 1 aliphatic heterocycles. The van der Waals surface area contributed by atoms with Crippen molar-refractivity contribution in [2.75, 3.05) is 6.61 Å². The number of amides is 1. The van der Waals surface area contributed by atoms with Gasteiger partial charge in [-0.25, -0.2) is 4.98 Å². The van der Waals surface area contributed by atoms with E-state index < -0.39 is 0 Å². The summed E-state index contributed by atoms with van der Waals surface area (Å²) in [5, 5.41) is 8.95. The Morgan fingerprint density at radius 3 is 3.21 bits per heavy atom. The number of carbonyl (C=O) groups is 1. The Bertz CT molecular complexity index is 311. The minimum absolute atomic E-state index is 0.0712. The lowest BCUT2D eigenvalue weighted by Crippen LogP contribution is -2.39. The number of H-pyrrole nitrogens is 1. The first kappa shape index (κ1) is 9.14. The van der Waals surface area contributed by atoms with Crippen LogP contribution in [0, 0.1) is 0 Å². The molecule has 1 fully saturated rings. The molecule has 1 aromatic rings. The highest BCUT2D eigenvalue weighted by molar-refractivity contribution is 5.90. The van der Waals surface area contributed by atoms with Gasteiger partial charge in [0.1, 0.15) is 6.33 Å². The van der Waals surface area contributed by atoms with Crippen LogP contribution in [0.1, 0.15) is 24.0 Å². The zero-order chi connectivity index (χ0) is 9.97. The lowest BCUT2D eigenvalue weighted by atomic mass is 10.1. The van der Waals surface area contributed by atoms with E-state index in [-0.39, 0.29) is 23.9 Å². The van der Waals surface area contributed by atoms with Crippen LogP contribution in [-0.4, -0.2) is 39.8 Å². The third-order valence-electron chi connectivity index (χ3n) is 2.32. The van der Waals surface area contributed by atoms with E-state index in [0.717, 1.165) is 6.42 Å². The second-order valence-corrected chi connectivity index (χ2v) is 3.28. The summed E-state index contributed by atoms with van der Waals surface area (Å²) in [5.74, 6) is 0.00829. The van der Waals surface area contributed by atoms with Crippen molar-refractivity contribution < 1.29 is 9.53 Å². The highest BCUT2D eigenvalue weighted by Crippen LogP contribution is 2.12. The van der Waals surface area contributed by atoms with Crippen molar-refractivity contribution in [2.24, 2.45) is 0 Å². The Balaban J connectivity index is 1.95. The molecule has 0 aromatic carbocycles. The molecular formula is C8H12N4O2. The fourth-order valence-electron chi connectivity index (χ4n) is 1.47. The van der Waals surface area contributed by atoms with Crippen LogP contribution in [0.5, 0.6) is 0 Å². The van der Waals surface area contributed by atoms with Crippen LogP contribution < -0.4 is 5.32 Å². The Kier molecular flexibility index (Phi) is 2.45. The number of rotatable bonds is 2. The Morgan fingerprint density at radius 2 is 2.64 bits per heavy atom. The first-order valence-electron chi connectivity index (χ1n) is 4.55. The van der Waals surface area contributed by atoms with Crippen molar-refractivity contribution in [3.05, 3.63) is 12.2 Å². The maximum absolute atomic E-state index is 11.5. The number of hydrogen-bond donors (Lipinski definition) is 2. The van der Waals surface area contributed by atoms with Crippen LogP contribution >= 0.6 is 0 Å². The predicted molar refractivity (Wildman–Crippen MR) is 47.7 cm³/mol. The number of nitrogens with zero attached hydrogens (tertiary/aromatic N) is 2. The van der Waals surface area contributed by atoms with Gasteiger partial charge in [-0.3, -0.25) is 9.89 Å². The summed E-state index contributed by atoms with van der Waals surface area (Å²) in [7, 11) is 0. The topological polar surface area (TPSA) is 79.9 Å². The summed E-state index contributed by atoms with van der Waals surface area (Å²) in [5.41, 5.74) is 0. The molecule has 2 rings (SSSR count). The highest BCUT2D eigenvalue weighted by Gasteiger charge is 2.26. The molecule has 1 amide bonds. The molecule has 1 aromatic heterocycles.